The molecule has 0 aliphatic carbocycles. The molecule has 0 aliphatic heterocycles. The van der Waals surface area contributed by atoms with E-state index in [4.69, 9.17) is 4.74 Å². The third-order valence-electron chi connectivity index (χ3n) is 4.93. The van der Waals surface area contributed by atoms with Gasteiger partial charge < -0.3 is 15.4 Å². The molecule has 3 rings (SSSR count). The van der Waals surface area contributed by atoms with E-state index in [0.717, 1.165) is 5.56 Å². The Kier molecular flexibility index (Phi) is 7.70. The molecule has 0 radical (unpaired) electrons. The number of ketones is 1. The minimum Gasteiger partial charge on any atom is -0.467 e. The van der Waals surface area contributed by atoms with Crippen molar-refractivity contribution in [2.24, 2.45) is 0 Å². The van der Waals surface area contributed by atoms with Crippen LogP contribution in [0.15, 0.2) is 78.9 Å². The molecule has 7 heteroatoms. The fourth-order valence-corrected chi connectivity index (χ4v) is 3.30. The summed E-state index contributed by atoms with van der Waals surface area (Å²) in [6.45, 7) is 1.37. The van der Waals surface area contributed by atoms with Crippen molar-refractivity contribution >= 4 is 29.3 Å². The van der Waals surface area contributed by atoms with Crippen LogP contribution in [0.4, 0.5) is 5.69 Å². The molecular formula is C26H24N2O5. The second kappa shape index (κ2) is 10.9. The molecule has 0 bridgehead atoms. The maximum atomic E-state index is 12.7. The Labute approximate surface area is 191 Å². The van der Waals surface area contributed by atoms with Gasteiger partial charge in [-0.3, -0.25) is 14.4 Å². The molecule has 2 N–H and O–H groups in total. The molecule has 0 saturated heterocycles. The third-order valence-corrected chi connectivity index (χ3v) is 4.93. The molecule has 168 valence electrons. The zero-order valence-electron chi connectivity index (χ0n) is 18.3. The number of hydrogen-bond donors (Lipinski definition) is 2. The summed E-state index contributed by atoms with van der Waals surface area (Å²) in [5.41, 5.74) is 2.63. The lowest BCUT2D eigenvalue weighted by atomic mass is 9.99. The molecular weight excluding hydrogens is 420 g/mol. The molecule has 3 aromatic carbocycles. The smallest absolute Gasteiger partial charge is 0.328 e. The number of esters is 1. The lowest BCUT2D eigenvalue weighted by Gasteiger charge is -2.17. The van der Waals surface area contributed by atoms with E-state index in [0.29, 0.717) is 22.4 Å². The summed E-state index contributed by atoms with van der Waals surface area (Å²) in [6, 6.07) is 21.3. The number of carbonyl (C=O) groups excluding carboxylic acids is 4. The topological polar surface area (TPSA) is 102 Å². The van der Waals surface area contributed by atoms with E-state index < -0.39 is 17.9 Å². The van der Waals surface area contributed by atoms with Crippen molar-refractivity contribution in [3.63, 3.8) is 0 Å². The molecule has 2 amide bonds. The van der Waals surface area contributed by atoms with Crippen molar-refractivity contribution in [1.29, 1.82) is 0 Å². The van der Waals surface area contributed by atoms with Crippen LogP contribution < -0.4 is 10.6 Å². The van der Waals surface area contributed by atoms with Crippen LogP contribution in [-0.4, -0.2) is 36.7 Å². The van der Waals surface area contributed by atoms with Crippen LogP contribution in [0.3, 0.4) is 0 Å². The van der Waals surface area contributed by atoms with Gasteiger partial charge in [-0.1, -0.05) is 60.7 Å². The Morgan fingerprint density at radius 1 is 0.818 bits per heavy atom. The molecule has 0 saturated carbocycles. The Morgan fingerprint density at radius 2 is 1.45 bits per heavy atom. The van der Waals surface area contributed by atoms with Gasteiger partial charge in [0.15, 0.2) is 5.78 Å². The van der Waals surface area contributed by atoms with Crippen molar-refractivity contribution < 1.29 is 23.9 Å². The predicted molar refractivity (Wildman–Crippen MR) is 124 cm³/mol. The van der Waals surface area contributed by atoms with Gasteiger partial charge in [-0.25, -0.2) is 4.79 Å². The lowest BCUT2D eigenvalue weighted by molar-refractivity contribution is -0.142. The number of rotatable bonds is 8. The molecule has 0 spiro atoms. The van der Waals surface area contributed by atoms with E-state index in [1.165, 1.54) is 20.1 Å². The summed E-state index contributed by atoms with van der Waals surface area (Å²) in [4.78, 5) is 48.9. The summed E-state index contributed by atoms with van der Waals surface area (Å²) >= 11 is 0. The summed E-state index contributed by atoms with van der Waals surface area (Å²) in [7, 11) is 1.25. The van der Waals surface area contributed by atoms with Gasteiger partial charge >= 0.3 is 5.97 Å². The van der Waals surface area contributed by atoms with Crippen LogP contribution in [0.5, 0.6) is 0 Å². The van der Waals surface area contributed by atoms with Crippen LogP contribution in [0.25, 0.3) is 0 Å². The molecule has 33 heavy (non-hydrogen) atoms. The molecule has 0 aromatic heterocycles. The standard InChI is InChI=1S/C26H24N2O5/c1-17(29)27-22-10-6-9-21(16-22)25(31)28-23(26(32)33-2)15-18-11-13-20(14-12-18)24(30)19-7-4-3-5-8-19/h3-14,16,23H,15H2,1-2H3,(H,27,29)(H,28,31)/t23-/m1/s1. The van der Waals surface area contributed by atoms with Crippen molar-refractivity contribution in [3.05, 3.63) is 101 Å². The Morgan fingerprint density at radius 3 is 2.09 bits per heavy atom. The predicted octanol–water partition coefficient (Wildman–Crippen LogP) is 3.39. The molecule has 7 nitrogen and oxygen atoms in total. The van der Waals surface area contributed by atoms with Gasteiger partial charge in [0.1, 0.15) is 6.04 Å². The monoisotopic (exact) mass is 444 g/mol. The maximum Gasteiger partial charge on any atom is 0.328 e. The summed E-state index contributed by atoms with van der Waals surface area (Å²) in [6.07, 6.45) is 0.184. The van der Waals surface area contributed by atoms with Crippen LogP contribution in [0, 0.1) is 0 Å². The van der Waals surface area contributed by atoms with E-state index >= 15 is 0 Å². The van der Waals surface area contributed by atoms with Gasteiger partial charge in [0.25, 0.3) is 5.91 Å². The quantitative estimate of drug-likeness (QED) is 0.410. The maximum absolute atomic E-state index is 12.7. The number of nitrogens with one attached hydrogen (secondary N) is 2. The highest BCUT2D eigenvalue weighted by atomic mass is 16.5. The molecule has 0 aliphatic rings. The number of hydrogen-bond acceptors (Lipinski definition) is 5. The first-order valence-electron chi connectivity index (χ1n) is 10.3. The van der Waals surface area contributed by atoms with Crippen LogP contribution >= 0.6 is 0 Å². The van der Waals surface area contributed by atoms with E-state index in [1.807, 2.05) is 6.07 Å². The van der Waals surface area contributed by atoms with Crippen molar-refractivity contribution in [1.82, 2.24) is 5.32 Å². The van der Waals surface area contributed by atoms with Crippen molar-refractivity contribution in [3.8, 4) is 0 Å². The van der Waals surface area contributed by atoms with E-state index in [2.05, 4.69) is 10.6 Å². The molecule has 3 aromatic rings. The Hall–Kier alpha value is -4.26. The highest BCUT2D eigenvalue weighted by Gasteiger charge is 2.23. The first-order valence-corrected chi connectivity index (χ1v) is 10.3. The SMILES string of the molecule is COC(=O)[C@@H](Cc1ccc(C(=O)c2ccccc2)cc1)NC(=O)c1cccc(NC(C)=O)c1. The molecule has 0 heterocycles. The molecule has 0 unspecified atom stereocenters. The number of anilines is 1. The zero-order chi connectivity index (χ0) is 23.8. The van der Waals surface area contributed by atoms with Crippen molar-refractivity contribution in [2.45, 2.75) is 19.4 Å². The number of methoxy groups -OCH3 is 1. The summed E-state index contributed by atoms with van der Waals surface area (Å²) in [5.74, 6) is -1.42. The molecule has 0 fully saturated rings. The normalized spacial score (nSPS) is 11.2. The summed E-state index contributed by atoms with van der Waals surface area (Å²) < 4.78 is 4.85. The van der Waals surface area contributed by atoms with Gasteiger partial charge in [-0.2, -0.15) is 0 Å². The van der Waals surface area contributed by atoms with E-state index in [1.54, 1.807) is 66.7 Å². The van der Waals surface area contributed by atoms with Crippen molar-refractivity contribution in [2.75, 3.05) is 12.4 Å². The van der Waals surface area contributed by atoms with Gasteiger partial charge in [0.05, 0.1) is 7.11 Å². The van der Waals surface area contributed by atoms with Crippen LogP contribution in [0.2, 0.25) is 0 Å². The highest BCUT2D eigenvalue weighted by Crippen LogP contribution is 2.14. The summed E-state index contributed by atoms with van der Waals surface area (Å²) in [5, 5.41) is 5.30. The van der Waals surface area contributed by atoms with Gasteiger partial charge in [-0.05, 0) is 23.8 Å². The highest BCUT2D eigenvalue weighted by molar-refractivity contribution is 6.09. The number of ether oxygens (including phenoxy) is 1. The van der Waals surface area contributed by atoms with E-state index in [9.17, 15) is 19.2 Å². The van der Waals surface area contributed by atoms with Gasteiger partial charge in [-0.15, -0.1) is 0 Å². The third kappa shape index (κ3) is 6.36. The average molecular weight is 444 g/mol. The number of carbonyl (C=O) groups is 4. The second-order valence-electron chi connectivity index (χ2n) is 7.41. The second-order valence-corrected chi connectivity index (χ2v) is 7.41. The fraction of sp³-hybridized carbons (Fsp3) is 0.154. The van der Waals surface area contributed by atoms with Gasteiger partial charge in [0, 0.05) is 35.7 Å². The number of benzene rings is 3. The van der Waals surface area contributed by atoms with E-state index in [-0.39, 0.29) is 18.1 Å². The van der Waals surface area contributed by atoms with Gasteiger partial charge in [0.2, 0.25) is 5.91 Å². The largest absolute Gasteiger partial charge is 0.467 e. The zero-order valence-corrected chi connectivity index (χ0v) is 18.3. The number of amides is 2. The first-order chi connectivity index (χ1) is 15.9. The average Bonchev–Trinajstić information content (AvgIpc) is 2.83. The van der Waals surface area contributed by atoms with Crippen LogP contribution in [-0.2, 0) is 20.7 Å². The minimum atomic E-state index is -0.928. The first kappa shape index (κ1) is 23.4. The lowest BCUT2D eigenvalue weighted by Crippen LogP contribution is -2.43. The molecule has 1 atom stereocenters. The minimum absolute atomic E-state index is 0.0981. The van der Waals surface area contributed by atoms with Crippen LogP contribution in [0.1, 0.15) is 38.8 Å². The Bertz CT molecular complexity index is 1160. The Balaban J connectivity index is 1.72. The fourth-order valence-electron chi connectivity index (χ4n) is 3.30.